The first-order valence-electron chi connectivity index (χ1n) is 14.8. The lowest BCUT2D eigenvalue weighted by atomic mass is 9.89. The molecule has 2 saturated heterocycles. The molecule has 3 aliphatic rings. The van der Waals surface area contributed by atoms with Gasteiger partial charge in [-0.25, -0.2) is 19.0 Å². The van der Waals surface area contributed by atoms with Crippen LogP contribution in [0.3, 0.4) is 0 Å². The number of benzene rings is 1. The Bertz CT molecular complexity index is 1510. The molecule has 0 aliphatic carbocycles. The molecule has 5 rings (SSSR count). The highest BCUT2D eigenvalue weighted by Crippen LogP contribution is 2.37. The number of carboxylic acids is 1. The Morgan fingerprint density at radius 2 is 2.05 bits per heavy atom. The number of aromatic nitrogens is 1. The molecule has 2 N–H and O–H groups in total. The minimum absolute atomic E-state index is 0.0876. The molecule has 13 heteroatoms. The number of amides is 2. The number of fused-ring (bicyclic) bond motifs is 1. The molecular formula is C31H39FN6O5S. The van der Waals surface area contributed by atoms with Crippen molar-refractivity contribution in [3.63, 3.8) is 0 Å². The van der Waals surface area contributed by atoms with E-state index >= 15 is 0 Å². The number of nitrogens with one attached hydrogen (secondary N) is 1. The first-order valence-corrected chi connectivity index (χ1v) is 15.6. The van der Waals surface area contributed by atoms with Crippen molar-refractivity contribution in [3.05, 3.63) is 63.0 Å². The van der Waals surface area contributed by atoms with Gasteiger partial charge in [-0.15, -0.1) is 11.3 Å². The van der Waals surface area contributed by atoms with E-state index in [1.807, 2.05) is 17.2 Å². The summed E-state index contributed by atoms with van der Waals surface area (Å²) in [5.41, 5.74) is 0.435. The number of hydrogen-bond acceptors (Lipinski definition) is 9. The Balaban J connectivity index is 1.45. The number of piperazine rings is 1. The van der Waals surface area contributed by atoms with Crippen LogP contribution in [0.1, 0.15) is 56.3 Å². The van der Waals surface area contributed by atoms with Gasteiger partial charge in [0.2, 0.25) is 0 Å². The smallest absolute Gasteiger partial charge is 0.338 e. The van der Waals surface area contributed by atoms with E-state index in [-0.39, 0.29) is 18.5 Å². The van der Waals surface area contributed by atoms with Crippen LogP contribution >= 0.6 is 11.3 Å². The number of hydrogen-bond donors (Lipinski definition) is 2. The lowest BCUT2D eigenvalue weighted by molar-refractivity contribution is -0.147. The van der Waals surface area contributed by atoms with Gasteiger partial charge in [-0.1, -0.05) is 12.1 Å². The molecule has 3 aliphatic heterocycles. The Kier molecular flexibility index (Phi) is 8.81. The fourth-order valence-electron chi connectivity index (χ4n) is 6.09. The van der Waals surface area contributed by atoms with Crippen LogP contribution in [0.4, 0.5) is 9.18 Å². The van der Waals surface area contributed by atoms with Gasteiger partial charge in [-0.2, -0.15) is 0 Å². The maximum Gasteiger partial charge on any atom is 0.338 e. The van der Waals surface area contributed by atoms with E-state index in [2.05, 4.69) is 15.2 Å². The third kappa shape index (κ3) is 6.07. The number of aliphatic imine (C=N–C) groups is 1. The Hall–Kier alpha value is -3.84. The number of aliphatic carboxylic acids is 1. The van der Waals surface area contributed by atoms with Gasteiger partial charge in [0.25, 0.3) is 0 Å². The molecule has 4 heterocycles. The lowest BCUT2D eigenvalue weighted by Crippen LogP contribution is -2.60. The van der Waals surface area contributed by atoms with Gasteiger partial charge in [0, 0.05) is 56.5 Å². The number of carbonyl (C=O) groups excluding carboxylic acids is 2. The zero-order chi connectivity index (χ0) is 31.8. The molecular weight excluding hydrogens is 587 g/mol. The second kappa shape index (κ2) is 12.3. The summed E-state index contributed by atoms with van der Waals surface area (Å²) in [6, 6.07) is 3.88. The number of urea groups is 1. The molecule has 11 nitrogen and oxygen atoms in total. The molecule has 2 atom stereocenters. The summed E-state index contributed by atoms with van der Waals surface area (Å²) >= 11 is 1.41. The summed E-state index contributed by atoms with van der Waals surface area (Å²) < 4.78 is 20.3. The fourth-order valence-corrected chi connectivity index (χ4v) is 6.68. The Morgan fingerprint density at radius 1 is 1.27 bits per heavy atom. The number of halogens is 1. The van der Waals surface area contributed by atoms with Crippen molar-refractivity contribution in [1.82, 2.24) is 25.0 Å². The topological polar surface area (TPSA) is 128 Å². The largest absolute Gasteiger partial charge is 0.481 e. The van der Waals surface area contributed by atoms with Gasteiger partial charge in [-0.3, -0.25) is 14.7 Å². The number of esters is 1. The average molecular weight is 627 g/mol. The minimum Gasteiger partial charge on any atom is -0.481 e. The predicted octanol–water partition coefficient (Wildman–Crippen LogP) is 3.81. The molecule has 0 radical (unpaired) electrons. The predicted molar refractivity (Wildman–Crippen MR) is 164 cm³/mol. The maximum absolute atomic E-state index is 14.8. The zero-order valence-electron chi connectivity index (χ0n) is 25.7. The molecule has 2 fully saturated rings. The van der Waals surface area contributed by atoms with Crippen molar-refractivity contribution < 1.29 is 28.6 Å². The van der Waals surface area contributed by atoms with Gasteiger partial charge in [-0.05, 0) is 58.2 Å². The van der Waals surface area contributed by atoms with Gasteiger partial charge < -0.3 is 25.0 Å². The first kappa shape index (κ1) is 31.6. The summed E-state index contributed by atoms with van der Waals surface area (Å²) in [6.07, 6.45) is 2.03. The monoisotopic (exact) mass is 626 g/mol. The molecule has 0 spiro atoms. The summed E-state index contributed by atoms with van der Waals surface area (Å²) in [5.74, 6) is -1.32. The van der Waals surface area contributed by atoms with Crippen molar-refractivity contribution in [3.8, 4) is 0 Å². The molecule has 2 aromatic rings. The highest BCUT2D eigenvalue weighted by atomic mass is 32.1. The molecule has 2 unspecified atom stereocenters. The SMILES string of the molecule is CCOC(=O)C1=C(CN2CCN3C(=O)N(CCC(C)(C)C(=O)O)CC3(C)C2)NC(c2nccs2)=NC1c1cccc(F)c1C. The average Bonchev–Trinajstić information content (AvgIpc) is 3.59. The van der Waals surface area contributed by atoms with Crippen molar-refractivity contribution in [2.45, 2.75) is 52.6 Å². The Labute approximate surface area is 260 Å². The molecule has 1 aromatic carbocycles. The second-order valence-corrected chi connectivity index (χ2v) is 13.3. The van der Waals surface area contributed by atoms with Crippen LogP contribution in [0.2, 0.25) is 0 Å². The highest BCUT2D eigenvalue weighted by Gasteiger charge is 2.50. The summed E-state index contributed by atoms with van der Waals surface area (Å²) in [5, 5.41) is 15.4. The number of thiazole rings is 1. The molecule has 44 heavy (non-hydrogen) atoms. The fraction of sp³-hybridized carbons (Fsp3) is 0.516. The van der Waals surface area contributed by atoms with Crippen molar-refractivity contribution >= 4 is 35.1 Å². The van der Waals surface area contributed by atoms with Crippen LogP contribution in [-0.4, -0.2) is 100 Å². The number of ether oxygens (including phenoxy) is 1. The molecule has 236 valence electrons. The molecule has 0 saturated carbocycles. The molecule has 0 bridgehead atoms. The minimum atomic E-state index is -0.938. The highest BCUT2D eigenvalue weighted by molar-refractivity contribution is 7.11. The van der Waals surface area contributed by atoms with E-state index in [9.17, 15) is 23.9 Å². The van der Waals surface area contributed by atoms with Crippen LogP contribution in [0.25, 0.3) is 0 Å². The number of rotatable bonds is 10. The maximum atomic E-state index is 14.8. The summed E-state index contributed by atoms with van der Waals surface area (Å²) in [6.45, 7) is 11.7. The molecule has 2 amide bonds. The normalized spacial score (nSPS) is 22.5. The van der Waals surface area contributed by atoms with Crippen molar-refractivity contribution in [2.24, 2.45) is 10.4 Å². The number of nitrogens with zero attached hydrogens (tertiary/aromatic N) is 5. The van der Waals surface area contributed by atoms with Crippen LogP contribution in [0.15, 0.2) is 46.0 Å². The van der Waals surface area contributed by atoms with Crippen molar-refractivity contribution in [2.75, 3.05) is 45.9 Å². The van der Waals surface area contributed by atoms with Crippen LogP contribution < -0.4 is 5.32 Å². The Morgan fingerprint density at radius 3 is 2.73 bits per heavy atom. The van der Waals surface area contributed by atoms with Crippen molar-refractivity contribution in [1.29, 1.82) is 0 Å². The first-order chi connectivity index (χ1) is 20.8. The van der Waals surface area contributed by atoms with Crippen LogP contribution in [0.5, 0.6) is 0 Å². The van der Waals surface area contributed by atoms with Crippen LogP contribution in [0, 0.1) is 18.2 Å². The quantitative estimate of drug-likeness (QED) is 0.381. The number of carboxylic acid groups (broad SMARTS) is 1. The standard InChI is InChI=1S/C31H39FN6O5S/c1-6-43-27(39)23-22(34-25(26-33-11-15-44-26)35-24(23)20-8-7-9-21(32)19(20)2)16-36-13-14-38-29(42)37(18-31(38,5)17-36)12-10-30(3,4)28(40)41/h7-9,11,15,24H,6,10,12-14,16-18H2,1-5H3,(H,34,35)(H,40,41). The van der Waals surface area contributed by atoms with E-state index in [1.165, 1.54) is 17.4 Å². The number of amidine groups is 1. The van der Waals surface area contributed by atoms with Gasteiger partial charge in [0.15, 0.2) is 10.8 Å². The van der Waals surface area contributed by atoms with E-state index in [4.69, 9.17) is 9.73 Å². The van der Waals surface area contributed by atoms with E-state index in [0.29, 0.717) is 78.9 Å². The molecule has 1 aromatic heterocycles. The zero-order valence-corrected chi connectivity index (χ0v) is 26.5. The van der Waals surface area contributed by atoms with Gasteiger partial charge in [0.1, 0.15) is 11.9 Å². The number of carbonyl (C=O) groups is 3. The summed E-state index contributed by atoms with van der Waals surface area (Å²) in [7, 11) is 0. The van der Waals surface area contributed by atoms with Crippen LogP contribution in [-0.2, 0) is 14.3 Å². The van der Waals surface area contributed by atoms with Gasteiger partial charge in [0.05, 0.1) is 23.1 Å². The third-order valence-corrected chi connectivity index (χ3v) is 9.50. The lowest BCUT2D eigenvalue weighted by Gasteiger charge is -2.44. The van der Waals surface area contributed by atoms with E-state index in [1.54, 1.807) is 50.9 Å². The summed E-state index contributed by atoms with van der Waals surface area (Å²) in [4.78, 5) is 53.6. The third-order valence-electron chi connectivity index (χ3n) is 8.72. The van der Waals surface area contributed by atoms with Gasteiger partial charge >= 0.3 is 18.0 Å². The van der Waals surface area contributed by atoms with E-state index < -0.39 is 28.9 Å². The van der Waals surface area contributed by atoms with E-state index in [0.717, 1.165) is 0 Å². The second-order valence-electron chi connectivity index (χ2n) is 12.4.